The van der Waals surface area contributed by atoms with Crippen LogP contribution >= 0.6 is 10.7 Å². The minimum absolute atomic E-state index is 0.0366. The molecule has 0 aliphatic rings. The lowest BCUT2D eigenvalue weighted by molar-refractivity contribution is -0.138. The van der Waals surface area contributed by atoms with Crippen molar-refractivity contribution in [2.24, 2.45) is 0 Å². The third-order valence-corrected chi connectivity index (χ3v) is 3.40. The third kappa shape index (κ3) is 2.94. The van der Waals surface area contributed by atoms with Crippen LogP contribution in [-0.4, -0.2) is 19.5 Å². The van der Waals surface area contributed by atoms with Gasteiger partial charge in [0, 0.05) is 10.7 Å². The molecule has 0 saturated heterocycles. The average molecular weight is 249 g/mol. The number of halogens is 1. The maximum atomic E-state index is 10.9. The van der Waals surface area contributed by atoms with Crippen LogP contribution in [0.15, 0.2) is 29.2 Å². The highest BCUT2D eigenvalue weighted by Gasteiger charge is 2.15. The van der Waals surface area contributed by atoms with Gasteiger partial charge in [0.1, 0.15) is 0 Å². The van der Waals surface area contributed by atoms with E-state index in [1.165, 1.54) is 31.2 Å². The summed E-state index contributed by atoms with van der Waals surface area (Å²) in [4.78, 5) is 10.6. The maximum absolute atomic E-state index is 10.9. The fourth-order valence-electron chi connectivity index (χ4n) is 1.06. The topological polar surface area (TPSA) is 71.4 Å². The fourth-order valence-corrected chi connectivity index (χ4v) is 1.83. The summed E-state index contributed by atoms with van der Waals surface area (Å²) < 4.78 is 21.8. The lowest BCUT2D eigenvalue weighted by atomic mass is 10.0. The molecular weight excluding hydrogens is 240 g/mol. The molecule has 0 spiro atoms. The van der Waals surface area contributed by atoms with Crippen molar-refractivity contribution in [3.63, 3.8) is 0 Å². The Hall–Kier alpha value is -1.07. The third-order valence-electron chi connectivity index (χ3n) is 2.03. The molecule has 0 radical (unpaired) electrons. The molecule has 1 aromatic rings. The molecule has 1 N–H and O–H groups in total. The van der Waals surface area contributed by atoms with E-state index in [4.69, 9.17) is 15.8 Å². The molecule has 1 rings (SSSR count). The first-order chi connectivity index (χ1) is 6.82. The molecule has 0 amide bonds. The van der Waals surface area contributed by atoms with Crippen LogP contribution in [0.25, 0.3) is 0 Å². The van der Waals surface area contributed by atoms with Gasteiger partial charge in [-0.25, -0.2) is 8.42 Å². The van der Waals surface area contributed by atoms with E-state index in [-0.39, 0.29) is 4.90 Å². The number of hydrogen-bond acceptors (Lipinski definition) is 3. The SMILES string of the molecule is CC(C(=O)O)c1ccc(S(=O)(=O)Cl)cc1. The van der Waals surface area contributed by atoms with Crippen LogP contribution in [0.4, 0.5) is 0 Å². The Balaban J connectivity index is 3.06. The van der Waals surface area contributed by atoms with E-state index < -0.39 is 20.9 Å². The predicted octanol–water partition coefficient (Wildman–Crippen LogP) is 1.80. The molecule has 0 aliphatic carbocycles. The zero-order valence-corrected chi connectivity index (χ0v) is 9.42. The van der Waals surface area contributed by atoms with E-state index in [1.54, 1.807) is 0 Å². The Morgan fingerprint density at radius 3 is 2.13 bits per heavy atom. The molecule has 1 atom stereocenters. The van der Waals surface area contributed by atoms with Crippen molar-refractivity contribution in [3.05, 3.63) is 29.8 Å². The Morgan fingerprint density at radius 1 is 1.33 bits per heavy atom. The quantitative estimate of drug-likeness (QED) is 0.828. The highest BCUT2D eigenvalue weighted by molar-refractivity contribution is 8.13. The highest BCUT2D eigenvalue weighted by Crippen LogP contribution is 2.20. The molecule has 0 fully saturated rings. The van der Waals surface area contributed by atoms with Crippen molar-refractivity contribution in [1.82, 2.24) is 0 Å². The van der Waals surface area contributed by atoms with Crippen LogP contribution in [0, 0.1) is 0 Å². The molecule has 0 heterocycles. The van der Waals surface area contributed by atoms with Gasteiger partial charge in [-0.15, -0.1) is 0 Å². The average Bonchev–Trinajstić information content (AvgIpc) is 2.15. The van der Waals surface area contributed by atoms with E-state index in [1.807, 2.05) is 0 Å². The van der Waals surface area contributed by atoms with Crippen molar-refractivity contribution in [2.45, 2.75) is 17.7 Å². The first kappa shape index (κ1) is 12.0. The Morgan fingerprint density at radius 2 is 1.80 bits per heavy atom. The second kappa shape index (κ2) is 4.20. The Labute approximate surface area is 91.9 Å². The van der Waals surface area contributed by atoms with Crippen molar-refractivity contribution in [2.75, 3.05) is 0 Å². The molecule has 0 saturated carbocycles. The van der Waals surface area contributed by atoms with Gasteiger partial charge in [-0.1, -0.05) is 12.1 Å². The first-order valence-corrected chi connectivity index (χ1v) is 6.40. The van der Waals surface area contributed by atoms with E-state index >= 15 is 0 Å². The first-order valence-electron chi connectivity index (χ1n) is 4.10. The van der Waals surface area contributed by atoms with Crippen LogP contribution < -0.4 is 0 Å². The smallest absolute Gasteiger partial charge is 0.310 e. The zero-order valence-electron chi connectivity index (χ0n) is 7.84. The van der Waals surface area contributed by atoms with E-state index in [0.717, 1.165) is 0 Å². The molecule has 0 bridgehead atoms. The minimum atomic E-state index is -3.74. The van der Waals surface area contributed by atoms with Gasteiger partial charge in [0.25, 0.3) is 9.05 Å². The van der Waals surface area contributed by atoms with Crippen LogP contribution in [0.1, 0.15) is 18.4 Å². The molecule has 6 heteroatoms. The molecule has 82 valence electrons. The molecule has 0 aromatic heterocycles. The van der Waals surface area contributed by atoms with Crippen molar-refractivity contribution < 1.29 is 18.3 Å². The van der Waals surface area contributed by atoms with Crippen LogP contribution in [-0.2, 0) is 13.8 Å². The number of carboxylic acids is 1. The summed E-state index contributed by atoms with van der Waals surface area (Å²) in [6.07, 6.45) is 0. The van der Waals surface area contributed by atoms with Crippen LogP contribution in [0.2, 0.25) is 0 Å². The second-order valence-electron chi connectivity index (χ2n) is 3.07. The van der Waals surface area contributed by atoms with E-state index in [2.05, 4.69) is 0 Å². The summed E-state index contributed by atoms with van der Waals surface area (Å²) >= 11 is 0. The number of carboxylic acid groups (broad SMARTS) is 1. The molecule has 4 nitrogen and oxygen atoms in total. The van der Waals surface area contributed by atoms with Gasteiger partial charge < -0.3 is 5.11 Å². The van der Waals surface area contributed by atoms with Gasteiger partial charge >= 0.3 is 5.97 Å². The van der Waals surface area contributed by atoms with Crippen LogP contribution in [0.5, 0.6) is 0 Å². The monoisotopic (exact) mass is 248 g/mol. The molecule has 1 aromatic carbocycles. The lowest BCUT2D eigenvalue weighted by Crippen LogP contribution is -2.07. The second-order valence-corrected chi connectivity index (χ2v) is 5.63. The summed E-state index contributed by atoms with van der Waals surface area (Å²) in [7, 11) is 1.37. The molecule has 1 unspecified atom stereocenters. The van der Waals surface area contributed by atoms with Crippen molar-refractivity contribution in [3.8, 4) is 0 Å². The fraction of sp³-hybridized carbons (Fsp3) is 0.222. The number of hydrogen-bond donors (Lipinski definition) is 1. The summed E-state index contributed by atoms with van der Waals surface area (Å²) in [5.41, 5.74) is 0.534. The highest BCUT2D eigenvalue weighted by atomic mass is 35.7. The Bertz CT molecular complexity index is 463. The molecular formula is C9H9ClO4S. The summed E-state index contributed by atoms with van der Waals surface area (Å²) in [5.74, 6) is -1.63. The number of benzene rings is 1. The minimum Gasteiger partial charge on any atom is -0.481 e. The zero-order chi connectivity index (χ0) is 11.6. The number of carbonyl (C=O) groups is 1. The number of aliphatic carboxylic acids is 1. The predicted molar refractivity (Wildman–Crippen MR) is 55.5 cm³/mol. The molecule has 0 aliphatic heterocycles. The van der Waals surface area contributed by atoms with Gasteiger partial charge in [0.15, 0.2) is 0 Å². The molecule has 15 heavy (non-hydrogen) atoms. The van der Waals surface area contributed by atoms with E-state index in [0.29, 0.717) is 5.56 Å². The summed E-state index contributed by atoms with van der Waals surface area (Å²) in [5, 5.41) is 8.72. The normalized spacial score (nSPS) is 13.5. The van der Waals surface area contributed by atoms with Crippen molar-refractivity contribution >= 4 is 25.7 Å². The lowest BCUT2D eigenvalue weighted by Gasteiger charge is -2.06. The Kier molecular flexibility index (Phi) is 3.36. The standard InChI is InChI=1S/C9H9ClO4S/c1-6(9(11)12)7-2-4-8(5-3-7)15(10,13)14/h2-6H,1H3,(H,11,12). The van der Waals surface area contributed by atoms with Gasteiger partial charge in [0.2, 0.25) is 0 Å². The van der Waals surface area contributed by atoms with Gasteiger partial charge in [-0.05, 0) is 24.6 Å². The maximum Gasteiger partial charge on any atom is 0.310 e. The summed E-state index contributed by atoms with van der Waals surface area (Å²) in [6, 6.07) is 5.45. The van der Waals surface area contributed by atoms with E-state index in [9.17, 15) is 13.2 Å². The number of rotatable bonds is 3. The van der Waals surface area contributed by atoms with Crippen LogP contribution in [0.3, 0.4) is 0 Å². The summed E-state index contributed by atoms with van der Waals surface area (Å²) in [6.45, 7) is 1.52. The largest absolute Gasteiger partial charge is 0.481 e. The van der Waals surface area contributed by atoms with Gasteiger partial charge in [-0.3, -0.25) is 4.79 Å². The van der Waals surface area contributed by atoms with Gasteiger partial charge in [-0.2, -0.15) is 0 Å². The van der Waals surface area contributed by atoms with Gasteiger partial charge in [0.05, 0.1) is 10.8 Å². The van der Waals surface area contributed by atoms with Crippen molar-refractivity contribution in [1.29, 1.82) is 0 Å².